The van der Waals surface area contributed by atoms with Crippen molar-refractivity contribution in [3.8, 4) is 5.75 Å². The van der Waals surface area contributed by atoms with Crippen LogP contribution in [0.2, 0.25) is 0 Å². The number of hydrogen-bond acceptors (Lipinski definition) is 4. The number of hydrogen-bond donors (Lipinski definition) is 1. The van der Waals surface area contributed by atoms with Crippen LogP contribution in [0.25, 0.3) is 0 Å². The Bertz CT molecular complexity index is 527. The van der Waals surface area contributed by atoms with Crippen LogP contribution in [0.5, 0.6) is 5.75 Å². The van der Waals surface area contributed by atoms with Gasteiger partial charge in [-0.3, -0.25) is 4.79 Å². The van der Waals surface area contributed by atoms with Gasteiger partial charge in [0.2, 0.25) is 5.91 Å². The van der Waals surface area contributed by atoms with Crippen LogP contribution in [0, 0.1) is 13.8 Å². The number of rotatable bonds is 4. The number of aromatic nitrogens is 1. The molecule has 1 aromatic heterocycles. The number of carbonyl (C=O) groups is 2. The van der Waals surface area contributed by atoms with Gasteiger partial charge in [-0.2, -0.15) is 0 Å². The summed E-state index contributed by atoms with van der Waals surface area (Å²) in [6.07, 6.45) is -0.718. The molecule has 0 fully saturated rings. The highest BCUT2D eigenvalue weighted by Crippen LogP contribution is 2.23. The second-order valence-electron chi connectivity index (χ2n) is 5.94. The van der Waals surface area contributed by atoms with Gasteiger partial charge in [0.25, 0.3) is 0 Å². The van der Waals surface area contributed by atoms with Gasteiger partial charge in [0.15, 0.2) is 5.75 Å². The Morgan fingerprint density at radius 3 is 2.43 bits per heavy atom. The number of nitrogens with zero attached hydrogens (tertiary/aromatic N) is 1. The van der Waals surface area contributed by atoms with Crippen molar-refractivity contribution in [3.63, 3.8) is 0 Å². The van der Waals surface area contributed by atoms with E-state index in [1.807, 2.05) is 18.4 Å². The third-order valence-corrected chi connectivity index (χ3v) is 2.82. The Morgan fingerprint density at radius 2 is 1.90 bits per heavy atom. The Hall–Kier alpha value is -1.98. The molecule has 0 saturated heterocycles. The third kappa shape index (κ3) is 5.49. The summed E-state index contributed by atoms with van der Waals surface area (Å²) in [7, 11) is 0. The summed E-state index contributed by atoms with van der Waals surface area (Å²) in [5.74, 6) is 0.410. The van der Waals surface area contributed by atoms with Crippen LogP contribution in [0.4, 0.5) is 4.79 Å². The van der Waals surface area contributed by atoms with E-state index >= 15 is 0 Å². The first-order chi connectivity index (χ1) is 9.60. The number of aryl methyl sites for hydroxylation is 1. The van der Waals surface area contributed by atoms with Crippen molar-refractivity contribution in [2.75, 3.05) is 6.54 Å². The Labute approximate surface area is 125 Å². The van der Waals surface area contributed by atoms with E-state index in [2.05, 4.69) is 5.32 Å². The quantitative estimate of drug-likeness (QED) is 0.867. The van der Waals surface area contributed by atoms with E-state index in [1.54, 1.807) is 26.8 Å². The van der Waals surface area contributed by atoms with Crippen LogP contribution in [0.3, 0.4) is 0 Å². The number of ether oxygens (including phenoxy) is 2. The van der Waals surface area contributed by atoms with E-state index in [0.717, 1.165) is 11.4 Å². The van der Waals surface area contributed by atoms with Gasteiger partial charge in [-0.25, -0.2) is 4.79 Å². The molecule has 0 atom stereocenters. The lowest BCUT2D eigenvalue weighted by molar-refractivity contribution is -0.118. The molecule has 0 aliphatic heterocycles. The molecule has 1 N–H and O–H groups in total. The second-order valence-corrected chi connectivity index (χ2v) is 5.94. The predicted octanol–water partition coefficient (Wildman–Crippen LogP) is 2.55. The summed E-state index contributed by atoms with van der Waals surface area (Å²) in [6, 6.07) is 1.78. The van der Waals surface area contributed by atoms with Gasteiger partial charge in [-0.15, -0.1) is 0 Å². The molecule has 1 rings (SSSR count). The Kier molecular flexibility index (Phi) is 5.41. The van der Waals surface area contributed by atoms with E-state index in [4.69, 9.17) is 9.47 Å². The van der Waals surface area contributed by atoms with Crippen LogP contribution in [-0.4, -0.2) is 28.8 Å². The van der Waals surface area contributed by atoms with Gasteiger partial charge in [-0.1, -0.05) is 0 Å². The Balaban J connectivity index is 2.73. The lowest BCUT2D eigenvalue weighted by atomic mass is 10.2. The average Bonchev–Trinajstić information content (AvgIpc) is 2.53. The highest BCUT2D eigenvalue weighted by atomic mass is 16.7. The van der Waals surface area contributed by atoms with Crippen molar-refractivity contribution in [1.29, 1.82) is 0 Å². The van der Waals surface area contributed by atoms with Crippen LogP contribution >= 0.6 is 0 Å². The summed E-state index contributed by atoms with van der Waals surface area (Å²) < 4.78 is 12.4. The van der Waals surface area contributed by atoms with Crippen molar-refractivity contribution in [1.82, 2.24) is 9.88 Å². The van der Waals surface area contributed by atoms with E-state index < -0.39 is 11.8 Å². The van der Waals surface area contributed by atoms with Gasteiger partial charge in [0.05, 0.1) is 5.69 Å². The van der Waals surface area contributed by atoms with E-state index in [-0.39, 0.29) is 5.91 Å². The summed E-state index contributed by atoms with van der Waals surface area (Å²) in [4.78, 5) is 22.6. The van der Waals surface area contributed by atoms with Crippen LogP contribution in [0.15, 0.2) is 6.07 Å². The van der Waals surface area contributed by atoms with Gasteiger partial charge < -0.3 is 19.4 Å². The standard InChI is InChI=1S/C15H24N2O4/c1-10-9-13(20-14(19)21-15(4,5)6)11(2)17(10)8-7-16-12(3)18/h9H,7-8H2,1-6H3,(H,16,18). The van der Waals surface area contributed by atoms with Crippen molar-refractivity contribution in [3.05, 3.63) is 17.5 Å². The van der Waals surface area contributed by atoms with Crippen molar-refractivity contribution in [2.24, 2.45) is 0 Å². The normalized spacial score (nSPS) is 11.1. The van der Waals surface area contributed by atoms with E-state index in [0.29, 0.717) is 18.8 Å². The molecule has 0 spiro atoms. The largest absolute Gasteiger partial charge is 0.514 e. The third-order valence-electron chi connectivity index (χ3n) is 2.82. The number of carbonyl (C=O) groups excluding carboxylic acids is 2. The SMILES string of the molecule is CC(=O)NCCn1c(C)cc(OC(=O)OC(C)(C)C)c1C. The lowest BCUT2D eigenvalue weighted by Crippen LogP contribution is -2.26. The first-order valence-corrected chi connectivity index (χ1v) is 6.92. The zero-order valence-corrected chi connectivity index (χ0v) is 13.6. The molecule has 0 aromatic carbocycles. The maximum atomic E-state index is 11.7. The summed E-state index contributed by atoms with van der Waals surface area (Å²) in [5.41, 5.74) is 1.19. The van der Waals surface area contributed by atoms with Crippen LogP contribution < -0.4 is 10.1 Å². The number of amides is 1. The maximum absolute atomic E-state index is 11.7. The molecule has 1 aromatic rings. The molecule has 1 heterocycles. The van der Waals surface area contributed by atoms with Gasteiger partial charge in [0, 0.05) is 31.8 Å². The zero-order chi connectivity index (χ0) is 16.2. The zero-order valence-electron chi connectivity index (χ0n) is 13.6. The molecule has 0 unspecified atom stereocenters. The van der Waals surface area contributed by atoms with Gasteiger partial charge in [0.1, 0.15) is 5.60 Å². The molecular weight excluding hydrogens is 272 g/mol. The fourth-order valence-corrected chi connectivity index (χ4v) is 1.92. The second kappa shape index (κ2) is 6.65. The average molecular weight is 296 g/mol. The minimum atomic E-state index is -0.718. The van der Waals surface area contributed by atoms with Crippen LogP contribution in [0.1, 0.15) is 39.1 Å². The molecule has 1 amide bonds. The van der Waals surface area contributed by atoms with Crippen molar-refractivity contribution < 1.29 is 19.1 Å². The molecule has 0 bridgehead atoms. The van der Waals surface area contributed by atoms with E-state index in [1.165, 1.54) is 6.92 Å². The molecular formula is C15H24N2O4. The molecule has 0 radical (unpaired) electrons. The summed E-state index contributed by atoms with van der Waals surface area (Å²) >= 11 is 0. The van der Waals surface area contributed by atoms with Gasteiger partial charge in [-0.05, 0) is 34.6 Å². The molecule has 6 heteroatoms. The molecule has 0 aliphatic carbocycles. The molecule has 21 heavy (non-hydrogen) atoms. The molecule has 0 saturated carbocycles. The molecule has 0 aliphatic rings. The minimum Gasteiger partial charge on any atom is -0.428 e. The lowest BCUT2D eigenvalue weighted by Gasteiger charge is -2.18. The summed E-state index contributed by atoms with van der Waals surface area (Å²) in [5, 5.41) is 2.74. The molecule has 6 nitrogen and oxygen atoms in total. The number of nitrogens with one attached hydrogen (secondary N) is 1. The van der Waals surface area contributed by atoms with E-state index in [9.17, 15) is 9.59 Å². The highest BCUT2D eigenvalue weighted by Gasteiger charge is 2.20. The minimum absolute atomic E-state index is 0.0670. The smallest absolute Gasteiger partial charge is 0.428 e. The van der Waals surface area contributed by atoms with Gasteiger partial charge >= 0.3 is 6.16 Å². The van der Waals surface area contributed by atoms with Crippen molar-refractivity contribution in [2.45, 2.75) is 53.7 Å². The highest BCUT2D eigenvalue weighted by molar-refractivity contribution is 5.72. The van der Waals surface area contributed by atoms with Crippen LogP contribution in [-0.2, 0) is 16.1 Å². The fourth-order valence-electron chi connectivity index (χ4n) is 1.92. The maximum Gasteiger partial charge on any atom is 0.514 e. The predicted molar refractivity (Wildman–Crippen MR) is 79.5 cm³/mol. The first-order valence-electron chi connectivity index (χ1n) is 6.92. The Morgan fingerprint density at radius 1 is 1.29 bits per heavy atom. The topological polar surface area (TPSA) is 69.6 Å². The first kappa shape index (κ1) is 17.1. The molecule has 118 valence electrons. The summed E-state index contributed by atoms with van der Waals surface area (Å²) in [6.45, 7) is 11.8. The van der Waals surface area contributed by atoms with Crippen molar-refractivity contribution >= 4 is 12.1 Å². The fraction of sp³-hybridized carbons (Fsp3) is 0.600. The monoisotopic (exact) mass is 296 g/mol.